The molecule has 0 aliphatic heterocycles. The highest BCUT2D eigenvalue weighted by Crippen LogP contribution is 2.16. The number of nitrogens with zero attached hydrogens (tertiary/aromatic N) is 1. The van der Waals surface area contributed by atoms with Crippen LogP contribution < -0.4 is 4.90 Å². The summed E-state index contributed by atoms with van der Waals surface area (Å²) in [6.45, 7) is 1.64. The molecule has 0 fully saturated rings. The summed E-state index contributed by atoms with van der Waals surface area (Å²) in [5, 5.41) is -0.659. The van der Waals surface area contributed by atoms with E-state index in [0.717, 1.165) is 5.69 Å². The Morgan fingerprint density at radius 2 is 1.86 bits per heavy atom. The molecular weight excluding hydrogens is 301 g/mol. The average Bonchev–Trinajstić information content (AvgIpc) is 2.53. The predicted molar refractivity (Wildman–Crippen MR) is 87.6 cm³/mol. The first kappa shape index (κ1) is 16.4. The molecular formula is C17H18FNO2S. The second kappa shape index (κ2) is 7.31. The fourth-order valence-corrected chi connectivity index (χ4v) is 3.22. The van der Waals surface area contributed by atoms with Crippen LogP contribution in [-0.4, -0.2) is 22.4 Å². The SMILES string of the molecule is CC(C(=O)N(C)c1ccccc1)S(=O)Cc1cccc(F)c1. The highest BCUT2D eigenvalue weighted by Gasteiger charge is 2.24. The summed E-state index contributed by atoms with van der Waals surface area (Å²) in [5.41, 5.74) is 1.38. The van der Waals surface area contributed by atoms with Gasteiger partial charge in [0.15, 0.2) is 0 Å². The maximum atomic E-state index is 13.2. The topological polar surface area (TPSA) is 37.4 Å². The summed E-state index contributed by atoms with van der Waals surface area (Å²) < 4.78 is 25.5. The molecule has 0 saturated carbocycles. The van der Waals surface area contributed by atoms with Gasteiger partial charge in [-0.15, -0.1) is 0 Å². The Bertz CT molecular complexity index is 675. The first-order valence-electron chi connectivity index (χ1n) is 6.93. The van der Waals surface area contributed by atoms with Gasteiger partial charge in [0, 0.05) is 29.3 Å². The molecule has 2 aromatic carbocycles. The zero-order valence-corrected chi connectivity index (χ0v) is 13.3. The summed E-state index contributed by atoms with van der Waals surface area (Å²) >= 11 is 0. The molecule has 2 rings (SSSR count). The normalized spacial score (nSPS) is 13.4. The molecule has 0 aliphatic carbocycles. The predicted octanol–water partition coefficient (Wildman–Crippen LogP) is 3.13. The Hall–Kier alpha value is -2.01. The van der Waals surface area contributed by atoms with Crippen molar-refractivity contribution in [1.82, 2.24) is 0 Å². The number of anilines is 1. The number of hydrogen-bond donors (Lipinski definition) is 0. The van der Waals surface area contributed by atoms with E-state index < -0.39 is 16.0 Å². The molecule has 5 heteroatoms. The van der Waals surface area contributed by atoms with Crippen LogP contribution in [0.15, 0.2) is 54.6 Å². The van der Waals surface area contributed by atoms with Crippen LogP contribution >= 0.6 is 0 Å². The molecule has 0 radical (unpaired) electrons. The van der Waals surface area contributed by atoms with Crippen molar-refractivity contribution in [2.24, 2.45) is 0 Å². The van der Waals surface area contributed by atoms with Crippen molar-refractivity contribution in [3.05, 3.63) is 66.0 Å². The highest BCUT2D eigenvalue weighted by atomic mass is 32.2. The number of hydrogen-bond acceptors (Lipinski definition) is 2. The van der Waals surface area contributed by atoms with E-state index in [0.29, 0.717) is 5.56 Å². The summed E-state index contributed by atoms with van der Waals surface area (Å²) in [4.78, 5) is 13.9. The fourth-order valence-electron chi connectivity index (χ4n) is 2.08. The van der Waals surface area contributed by atoms with Crippen molar-refractivity contribution < 1.29 is 13.4 Å². The molecule has 0 N–H and O–H groups in total. The van der Waals surface area contributed by atoms with Crippen molar-refractivity contribution >= 4 is 22.4 Å². The summed E-state index contributed by atoms with van der Waals surface area (Å²) in [7, 11) is 0.254. The van der Waals surface area contributed by atoms with Crippen LogP contribution in [0.2, 0.25) is 0 Å². The van der Waals surface area contributed by atoms with Crippen molar-refractivity contribution in [1.29, 1.82) is 0 Å². The van der Waals surface area contributed by atoms with Gasteiger partial charge in [0.05, 0.1) is 0 Å². The van der Waals surface area contributed by atoms with Crippen molar-refractivity contribution in [3.63, 3.8) is 0 Å². The number of halogens is 1. The Morgan fingerprint density at radius 3 is 2.50 bits per heavy atom. The van der Waals surface area contributed by atoms with Gasteiger partial charge in [-0.1, -0.05) is 30.3 Å². The second-order valence-corrected chi connectivity index (χ2v) is 6.79. The number of carbonyl (C=O) groups is 1. The molecule has 116 valence electrons. The van der Waals surface area contributed by atoms with Gasteiger partial charge in [-0.2, -0.15) is 0 Å². The number of carbonyl (C=O) groups excluding carboxylic acids is 1. The van der Waals surface area contributed by atoms with Gasteiger partial charge in [-0.05, 0) is 36.8 Å². The third-order valence-electron chi connectivity index (χ3n) is 3.41. The lowest BCUT2D eigenvalue weighted by molar-refractivity contribution is -0.117. The Kier molecular flexibility index (Phi) is 5.44. The van der Waals surface area contributed by atoms with Crippen molar-refractivity contribution in [3.8, 4) is 0 Å². The van der Waals surface area contributed by atoms with Crippen molar-refractivity contribution in [2.45, 2.75) is 17.9 Å². The van der Waals surface area contributed by atoms with E-state index in [2.05, 4.69) is 0 Å². The number of amides is 1. The Morgan fingerprint density at radius 1 is 1.18 bits per heavy atom. The maximum Gasteiger partial charge on any atom is 0.242 e. The first-order chi connectivity index (χ1) is 10.5. The molecule has 1 amide bonds. The minimum atomic E-state index is -1.41. The Labute approximate surface area is 132 Å². The largest absolute Gasteiger partial charge is 0.314 e. The molecule has 3 nitrogen and oxygen atoms in total. The minimum Gasteiger partial charge on any atom is -0.314 e. The zero-order chi connectivity index (χ0) is 16.1. The molecule has 0 spiro atoms. The lowest BCUT2D eigenvalue weighted by Gasteiger charge is -2.21. The monoisotopic (exact) mass is 319 g/mol. The third kappa shape index (κ3) is 4.01. The molecule has 0 heterocycles. The van der Waals surface area contributed by atoms with E-state index in [1.54, 1.807) is 26.1 Å². The van der Waals surface area contributed by atoms with Crippen LogP contribution in [0.1, 0.15) is 12.5 Å². The van der Waals surface area contributed by atoms with Crippen molar-refractivity contribution in [2.75, 3.05) is 11.9 Å². The van der Waals surface area contributed by atoms with Crippen LogP contribution in [0.25, 0.3) is 0 Å². The van der Waals surface area contributed by atoms with E-state index >= 15 is 0 Å². The van der Waals surface area contributed by atoms with Gasteiger partial charge >= 0.3 is 0 Å². The molecule has 0 saturated heterocycles. The van der Waals surface area contributed by atoms with Gasteiger partial charge < -0.3 is 4.90 Å². The summed E-state index contributed by atoms with van der Waals surface area (Å²) in [6, 6.07) is 15.2. The lowest BCUT2D eigenvalue weighted by atomic mass is 10.2. The van der Waals surface area contributed by atoms with Gasteiger partial charge in [-0.25, -0.2) is 4.39 Å². The zero-order valence-electron chi connectivity index (χ0n) is 12.5. The smallest absolute Gasteiger partial charge is 0.242 e. The summed E-state index contributed by atoms with van der Waals surface area (Å²) in [6.07, 6.45) is 0. The van der Waals surface area contributed by atoms with E-state index in [1.165, 1.54) is 17.0 Å². The van der Waals surface area contributed by atoms with Crippen LogP contribution in [0.5, 0.6) is 0 Å². The highest BCUT2D eigenvalue weighted by molar-refractivity contribution is 7.85. The number of rotatable bonds is 5. The minimum absolute atomic E-state index is 0.160. The first-order valence-corrected chi connectivity index (χ1v) is 8.31. The van der Waals surface area contributed by atoms with Gasteiger partial charge in [0.1, 0.15) is 11.1 Å². The third-order valence-corrected chi connectivity index (χ3v) is 5.02. The molecule has 0 bridgehead atoms. The van der Waals surface area contributed by atoms with Gasteiger partial charge in [-0.3, -0.25) is 9.00 Å². The molecule has 22 heavy (non-hydrogen) atoms. The van der Waals surface area contributed by atoms with E-state index in [-0.39, 0.29) is 17.5 Å². The van der Waals surface area contributed by atoms with Gasteiger partial charge in [0.25, 0.3) is 0 Å². The average molecular weight is 319 g/mol. The van der Waals surface area contributed by atoms with Crippen LogP contribution in [0.4, 0.5) is 10.1 Å². The fraction of sp³-hybridized carbons (Fsp3) is 0.235. The molecule has 0 aromatic heterocycles. The Balaban J connectivity index is 2.05. The van der Waals surface area contributed by atoms with E-state index in [4.69, 9.17) is 0 Å². The van der Waals surface area contributed by atoms with E-state index in [1.807, 2.05) is 30.3 Å². The molecule has 2 atom stereocenters. The molecule has 0 aliphatic rings. The maximum absolute atomic E-state index is 13.2. The molecule has 2 aromatic rings. The molecule has 2 unspecified atom stereocenters. The van der Waals surface area contributed by atoms with Gasteiger partial charge in [0.2, 0.25) is 5.91 Å². The second-order valence-electron chi connectivity index (χ2n) is 5.03. The summed E-state index contributed by atoms with van der Waals surface area (Å²) in [5.74, 6) is -0.427. The quantitative estimate of drug-likeness (QED) is 0.849. The van der Waals surface area contributed by atoms with Crippen LogP contribution in [0, 0.1) is 5.82 Å². The lowest BCUT2D eigenvalue weighted by Crippen LogP contribution is -2.37. The van der Waals surface area contributed by atoms with Crippen LogP contribution in [-0.2, 0) is 21.3 Å². The standard InChI is InChI=1S/C17H18FNO2S/c1-13(17(20)19(2)16-9-4-3-5-10-16)22(21)12-14-7-6-8-15(18)11-14/h3-11,13H,12H2,1-2H3. The van der Waals surface area contributed by atoms with Crippen LogP contribution in [0.3, 0.4) is 0 Å². The number of para-hydroxylation sites is 1. The van der Waals surface area contributed by atoms with E-state index in [9.17, 15) is 13.4 Å². The number of benzene rings is 2.